The number of rotatable bonds is 7. The molecule has 2 aromatic rings. The maximum Gasteiger partial charge on any atom is 0.121 e. The number of aliphatic hydroxyl groups excluding tert-OH is 3. The minimum atomic E-state index is -0.842. The molecule has 1 aromatic heterocycles. The minimum absolute atomic E-state index is 0.0490. The smallest absolute Gasteiger partial charge is 0.121 e. The van der Waals surface area contributed by atoms with Crippen molar-refractivity contribution >= 4 is 11.3 Å². The van der Waals surface area contributed by atoms with E-state index in [0.717, 1.165) is 4.88 Å². The van der Waals surface area contributed by atoms with E-state index in [9.17, 15) is 20.4 Å². The number of aromatic hydroxyl groups is 1. The van der Waals surface area contributed by atoms with Crippen LogP contribution in [0.5, 0.6) is 5.75 Å². The van der Waals surface area contributed by atoms with E-state index in [1.807, 2.05) is 17.5 Å². The lowest BCUT2D eigenvalue weighted by Crippen LogP contribution is -1.99. The zero-order valence-electron chi connectivity index (χ0n) is 12.6. The van der Waals surface area contributed by atoms with Gasteiger partial charge in [-0.05, 0) is 29.2 Å². The van der Waals surface area contributed by atoms with Crippen LogP contribution in [0.3, 0.4) is 0 Å². The molecule has 0 radical (unpaired) electrons. The molecule has 1 aromatic carbocycles. The number of aliphatic hydroxyl groups is 3. The fourth-order valence-electron chi connectivity index (χ4n) is 2.20. The molecule has 0 fully saturated rings. The number of thiophene rings is 1. The van der Waals surface area contributed by atoms with E-state index >= 15 is 0 Å². The van der Waals surface area contributed by atoms with E-state index in [1.165, 1.54) is 17.4 Å². The third-order valence-corrected chi connectivity index (χ3v) is 4.42. The fraction of sp³-hybridized carbons (Fsp3) is 0.278. The molecule has 0 saturated carbocycles. The first kappa shape index (κ1) is 17.5. The Morgan fingerprint density at radius 3 is 2.57 bits per heavy atom. The molecule has 0 unspecified atom stereocenters. The summed E-state index contributed by atoms with van der Waals surface area (Å²) < 4.78 is 0. The Hall–Kier alpha value is -1.88. The van der Waals surface area contributed by atoms with Gasteiger partial charge in [0.15, 0.2) is 0 Å². The lowest BCUT2D eigenvalue weighted by atomic mass is 10.0. The third kappa shape index (κ3) is 5.06. The second-order valence-electron chi connectivity index (χ2n) is 5.16. The molecule has 23 heavy (non-hydrogen) atoms. The molecular weight excluding hydrogens is 312 g/mol. The van der Waals surface area contributed by atoms with E-state index in [1.54, 1.807) is 24.3 Å². The van der Waals surface area contributed by atoms with Crippen LogP contribution in [0, 0.1) is 0 Å². The zero-order chi connectivity index (χ0) is 16.7. The van der Waals surface area contributed by atoms with Gasteiger partial charge in [-0.25, -0.2) is 0 Å². The lowest BCUT2D eigenvalue weighted by molar-refractivity contribution is 0.175. The first-order valence-corrected chi connectivity index (χ1v) is 8.21. The largest absolute Gasteiger partial charge is 0.508 e. The van der Waals surface area contributed by atoms with Crippen molar-refractivity contribution in [1.29, 1.82) is 0 Å². The molecule has 5 heteroatoms. The average molecular weight is 332 g/mol. The Bertz CT molecular complexity index is 672. The highest BCUT2D eigenvalue weighted by Gasteiger charge is 2.11. The van der Waals surface area contributed by atoms with Gasteiger partial charge in [-0.3, -0.25) is 0 Å². The van der Waals surface area contributed by atoms with Crippen LogP contribution < -0.4 is 0 Å². The Kier molecular flexibility index (Phi) is 6.59. The van der Waals surface area contributed by atoms with Crippen LogP contribution in [0.1, 0.15) is 35.5 Å². The molecule has 0 amide bonds. The van der Waals surface area contributed by atoms with Gasteiger partial charge in [0.2, 0.25) is 0 Å². The molecule has 0 aliphatic heterocycles. The number of hydrogen-bond donors (Lipinski definition) is 4. The van der Waals surface area contributed by atoms with E-state index in [-0.39, 0.29) is 18.8 Å². The van der Waals surface area contributed by atoms with Gasteiger partial charge in [0.25, 0.3) is 0 Å². The standard InChI is InChI=1S/C18H20O4S/c19-12-13(11-17(22)18-9-4-10-23-18)5-3-8-16(21)14-6-1-2-7-15(14)20/h1-4,6-7,9-10,16-17,19-22H,8,11-12H2/t5?,16-,17-/m1/s1. The first-order chi connectivity index (χ1) is 11.1. The second kappa shape index (κ2) is 8.67. The summed E-state index contributed by atoms with van der Waals surface area (Å²) in [6.07, 6.45) is 0.659. The summed E-state index contributed by atoms with van der Waals surface area (Å²) >= 11 is 1.46. The average Bonchev–Trinajstić information content (AvgIpc) is 3.08. The fourth-order valence-corrected chi connectivity index (χ4v) is 2.91. The highest BCUT2D eigenvalue weighted by atomic mass is 32.1. The van der Waals surface area contributed by atoms with E-state index in [2.05, 4.69) is 5.73 Å². The van der Waals surface area contributed by atoms with Crippen LogP contribution in [0.2, 0.25) is 0 Å². The van der Waals surface area contributed by atoms with Crippen molar-refractivity contribution in [2.45, 2.75) is 25.0 Å². The predicted molar refractivity (Wildman–Crippen MR) is 90.3 cm³/mol. The Labute approximate surface area is 139 Å². The molecule has 4 nitrogen and oxygen atoms in total. The monoisotopic (exact) mass is 332 g/mol. The van der Waals surface area contributed by atoms with Crippen molar-refractivity contribution in [2.24, 2.45) is 0 Å². The van der Waals surface area contributed by atoms with Gasteiger partial charge in [0.05, 0.1) is 18.8 Å². The highest BCUT2D eigenvalue weighted by molar-refractivity contribution is 7.10. The normalized spacial score (nSPS) is 13.2. The maximum absolute atomic E-state index is 10.1. The van der Waals surface area contributed by atoms with Crippen molar-refractivity contribution in [3.8, 4) is 5.75 Å². The van der Waals surface area contributed by atoms with Crippen molar-refractivity contribution in [3.05, 3.63) is 69.6 Å². The van der Waals surface area contributed by atoms with Crippen LogP contribution in [0.15, 0.2) is 59.2 Å². The molecule has 0 aliphatic carbocycles. The Morgan fingerprint density at radius 1 is 1.13 bits per heavy atom. The minimum Gasteiger partial charge on any atom is -0.508 e. The molecule has 1 heterocycles. The molecule has 0 saturated heterocycles. The van der Waals surface area contributed by atoms with Gasteiger partial charge in [-0.15, -0.1) is 17.1 Å². The summed E-state index contributed by atoms with van der Waals surface area (Å²) in [4.78, 5) is 0.840. The summed E-state index contributed by atoms with van der Waals surface area (Å²) in [5.41, 5.74) is 3.95. The predicted octanol–water partition coefficient (Wildman–Crippen LogP) is 3.07. The molecule has 0 spiro atoms. The first-order valence-electron chi connectivity index (χ1n) is 7.33. The lowest BCUT2D eigenvalue weighted by Gasteiger charge is -2.10. The van der Waals surface area contributed by atoms with Crippen LogP contribution in [-0.2, 0) is 0 Å². The quantitative estimate of drug-likeness (QED) is 0.587. The molecule has 2 atom stereocenters. The van der Waals surface area contributed by atoms with Gasteiger partial charge in [0, 0.05) is 23.3 Å². The number of para-hydroxylation sites is 1. The summed E-state index contributed by atoms with van der Waals surface area (Å²) in [7, 11) is 0. The number of hydrogen-bond acceptors (Lipinski definition) is 5. The van der Waals surface area contributed by atoms with Crippen molar-refractivity contribution in [2.75, 3.05) is 6.61 Å². The van der Waals surface area contributed by atoms with E-state index in [0.29, 0.717) is 17.6 Å². The van der Waals surface area contributed by atoms with Crippen LogP contribution in [0.4, 0.5) is 0 Å². The van der Waals surface area contributed by atoms with Gasteiger partial charge in [-0.1, -0.05) is 24.3 Å². The van der Waals surface area contributed by atoms with E-state index in [4.69, 9.17) is 0 Å². The molecular formula is C18H20O4S. The van der Waals surface area contributed by atoms with Crippen LogP contribution in [-0.4, -0.2) is 27.0 Å². The molecule has 2 rings (SSSR count). The highest BCUT2D eigenvalue weighted by Crippen LogP contribution is 2.26. The molecule has 122 valence electrons. The molecule has 0 bridgehead atoms. The van der Waals surface area contributed by atoms with Gasteiger partial charge >= 0.3 is 0 Å². The maximum atomic E-state index is 10.1. The number of phenols is 1. The summed E-state index contributed by atoms with van der Waals surface area (Å²) in [6, 6.07) is 10.3. The van der Waals surface area contributed by atoms with Crippen molar-refractivity contribution in [3.63, 3.8) is 0 Å². The third-order valence-electron chi connectivity index (χ3n) is 3.45. The van der Waals surface area contributed by atoms with Crippen molar-refractivity contribution in [1.82, 2.24) is 0 Å². The molecule has 4 N–H and O–H groups in total. The Balaban J connectivity index is 2.00. The molecule has 0 aliphatic rings. The van der Waals surface area contributed by atoms with Gasteiger partial charge in [-0.2, -0.15) is 0 Å². The van der Waals surface area contributed by atoms with Crippen molar-refractivity contribution < 1.29 is 20.4 Å². The summed E-state index contributed by atoms with van der Waals surface area (Å²) in [5.74, 6) is 0.0490. The zero-order valence-corrected chi connectivity index (χ0v) is 13.4. The summed E-state index contributed by atoms with van der Waals surface area (Å²) in [6.45, 7) is -0.203. The van der Waals surface area contributed by atoms with E-state index < -0.39 is 12.2 Å². The second-order valence-corrected chi connectivity index (χ2v) is 6.14. The van der Waals surface area contributed by atoms with Gasteiger partial charge in [0.1, 0.15) is 5.75 Å². The SMILES string of the molecule is OCC(=C=CC[C@@H](O)c1ccccc1O)C[C@@H](O)c1cccs1. The number of phenolic OH excluding ortho intramolecular Hbond substituents is 1. The topological polar surface area (TPSA) is 80.9 Å². The number of benzene rings is 1. The Morgan fingerprint density at radius 2 is 1.91 bits per heavy atom. The van der Waals surface area contributed by atoms with Gasteiger partial charge < -0.3 is 20.4 Å². The summed E-state index contributed by atoms with van der Waals surface area (Å²) in [5, 5.41) is 41.1. The van der Waals surface area contributed by atoms with Crippen LogP contribution in [0.25, 0.3) is 0 Å². The van der Waals surface area contributed by atoms with Crippen LogP contribution >= 0.6 is 11.3 Å².